The quantitative estimate of drug-likeness (QED) is 0.276. The maximum Gasteiger partial charge on any atom is 0.293 e. The molecular weight excluding hydrogens is 475 g/mol. The molecule has 0 N–H and O–H groups in total. The lowest BCUT2D eigenvalue weighted by Gasteiger charge is -2.13. The van der Waals surface area contributed by atoms with Crippen LogP contribution >= 0.6 is 35.0 Å². The number of fused-ring (bicyclic) bond motifs is 1. The number of halogens is 2. The molecule has 1 fully saturated rings. The number of benzene rings is 3. The molecular formula is C26H18Cl2N2O2S. The van der Waals surface area contributed by atoms with Gasteiger partial charge in [0.25, 0.3) is 11.1 Å². The van der Waals surface area contributed by atoms with E-state index < -0.39 is 0 Å². The molecule has 1 saturated heterocycles. The van der Waals surface area contributed by atoms with E-state index in [0.29, 0.717) is 21.5 Å². The minimum Gasteiger partial charge on any atom is -0.342 e. The maximum absolute atomic E-state index is 13.1. The normalized spacial score (nSPS) is 15.2. The summed E-state index contributed by atoms with van der Waals surface area (Å²) in [6, 6.07) is 23.0. The third kappa shape index (κ3) is 4.44. The van der Waals surface area contributed by atoms with Gasteiger partial charge in [0.2, 0.25) is 0 Å². The summed E-state index contributed by atoms with van der Waals surface area (Å²) in [7, 11) is 0. The molecule has 0 atom stereocenters. The van der Waals surface area contributed by atoms with E-state index in [4.69, 9.17) is 23.2 Å². The second-order valence-corrected chi connectivity index (χ2v) is 9.56. The van der Waals surface area contributed by atoms with E-state index in [9.17, 15) is 9.59 Å². The van der Waals surface area contributed by atoms with Crippen molar-refractivity contribution < 1.29 is 9.59 Å². The fraction of sp³-hybridized carbons (Fsp3) is 0.0769. The highest BCUT2D eigenvalue weighted by Crippen LogP contribution is 2.35. The van der Waals surface area contributed by atoms with Gasteiger partial charge in [-0.1, -0.05) is 71.7 Å². The molecule has 0 radical (unpaired) electrons. The summed E-state index contributed by atoms with van der Waals surface area (Å²) in [5.41, 5.74) is 3.74. The molecule has 1 aliphatic rings. The minimum absolute atomic E-state index is 0.151. The first kappa shape index (κ1) is 21.8. The van der Waals surface area contributed by atoms with Crippen molar-refractivity contribution in [1.29, 1.82) is 0 Å². The maximum atomic E-state index is 13.1. The van der Waals surface area contributed by atoms with Crippen LogP contribution in [0.4, 0.5) is 4.79 Å². The molecule has 4 aromatic rings. The van der Waals surface area contributed by atoms with Gasteiger partial charge in [0.15, 0.2) is 0 Å². The van der Waals surface area contributed by atoms with Gasteiger partial charge in [-0.25, -0.2) is 0 Å². The fourth-order valence-electron chi connectivity index (χ4n) is 3.93. The number of imide groups is 1. The summed E-state index contributed by atoms with van der Waals surface area (Å²) in [5.74, 6) is -0.309. The van der Waals surface area contributed by atoms with Crippen LogP contribution in [0, 0.1) is 0 Å². The van der Waals surface area contributed by atoms with Crippen LogP contribution in [0.2, 0.25) is 10.0 Å². The van der Waals surface area contributed by atoms with Crippen LogP contribution in [0.3, 0.4) is 0 Å². The minimum atomic E-state index is -0.309. The summed E-state index contributed by atoms with van der Waals surface area (Å²) in [5, 5.41) is 1.94. The van der Waals surface area contributed by atoms with Crippen molar-refractivity contribution in [3.05, 3.63) is 111 Å². The molecule has 2 heterocycles. The standard InChI is InChI=1S/C26H18Cl2N2O2S/c27-20-8-5-6-17(12-20)14-29-15-19(21-9-2-4-11-23(21)29)13-24-25(31)30(26(32)33-24)16-18-7-1-3-10-22(18)28/h1-13,15H,14,16H2/b24-13-. The lowest BCUT2D eigenvalue weighted by Crippen LogP contribution is -2.27. The van der Waals surface area contributed by atoms with E-state index in [2.05, 4.69) is 4.57 Å². The number of thioether (sulfide) groups is 1. The summed E-state index contributed by atoms with van der Waals surface area (Å²) in [4.78, 5) is 27.3. The molecule has 0 saturated carbocycles. The number of carbonyl (C=O) groups excluding carboxylic acids is 2. The van der Waals surface area contributed by atoms with Crippen molar-refractivity contribution in [1.82, 2.24) is 9.47 Å². The zero-order valence-corrected chi connectivity index (χ0v) is 19.7. The van der Waals surface area contributed by atoms with Gasteiger partial charge < -0.3 is 4.57 Å². The van der Waals surface area contributed by atoms with Crippen LogP contribution < -0.4 is 0 Å². The predicted molar refractivity (Wildman–Crippen MR) is 135 cm³/mol. The number of nitrogens with zero attached hydrogens (tertiary/aromatic N) is 2. The van der Waals surface area contributed by atoms with E-state index in [1.165, 1.54) is 4.90 Å². The highest BCUT2D eigenvalue weighted by atomic mass is 35.5. The summed E-state index contributed by atoms with van der Waals surface area (Å²) >= 11 is 13.3. The average molecular weight is 493 g/mol. The van der Waals surface area contributed by atoms with E-state index in [-0.39, 0.29) is 17.7 Å². The zero-order chi connectivity index (χ0) is 22.9. The Morgan fingerprint density at radius 1 is 0.879 bits per heavy atom. The van der Waals surface area contributed by atoms with Gasteiger partial charge in [0.1, 0.15) is 0 Å². The van der Waals surface area contributed by atoms with Crippen molar-refractivity contribution in [2.75, 3.05) is 0 Å². The number of hydrogen-bond acceptors (Lipinski definition) is 3. The van der Waals surface area contributed by atoms with E-state index in [1.54, 1.807) is 12.1 Å². The Morgan fingerprint density at radius 2 is 1.67 bits per heavy atom. The second-order valence-electron chi connectivity index (χ2n) is 7.72. The highest BCUT2D eigenvalue weighted by molar-refractivity contribution is 8.18. The van der Waals surface area contributed by atoms with E-state index in [0.717, 1.165) is 39.4 Å². The Kier molecular flexibility index (Phi) is 6.02. The van der Waals surface area contributed by atoms with Crippen LogP contribution in [-0.2, 0) is 17.9 Å². The summed E-state index contributed by atoms with van der Waals surface area (Å²) < 4.78 is 2.13. The van der Waals surface area contributed by atoms with Gasteiger partial charge in [-0.2, -0.15) is 0 Å². The monoisotopic (exact) mass is 492 g/mol. The van der Waals surface area contributed by atoms with Crippen LogP contribution in [0.1, 0.15) is 16.7 Å². The molecule has 1 aliphatic heterocycles. The molecule has 0 bridgehead atoms. The van der Waals surface area contributed by atoms with Gasteiger partial charge in [0.05, 0.1) is 11.4 Å². The van der Waals surface area contributed by atoms with Crippen LogP contribution in [0.15, 0.2) is 83.9 Å². The molecule has 1 aromatic heterocycles. The smallest absolute Gasteiger partial charge is 0.293 e. The SMILES string of the molecule is O=C1S/C(=C\c2cn(Cc3cccc(Cl)c3)c3ccccc23)C(=O)N1Cc1ccccc1Cl. The number of carbonyl (C=O) groups is 2. The highest BCUT2D eigenvalue weighted by Gasteiger charge is 2.35. The molecule has 0 unspecified atom stereocenters. The number of para-hydroxylation sites is 1. The molecule has 0 spiro atoms. The molecule has 7 heteroatoms. The van der Waals surface area contributed by atoms with Crippen molar-refractivity contribution in [2.45, 2.75) is 13.1 Å². The summed E-state index contributed by atoms with van der Waals surface area (Å²) in [6.07, 6.45) is 3.81. The van der Waals surface area contributed by atoms with Crippen LogP contribution in [0.25, 0.3) is 17.0 Å². The van der Waals surface area contributed by atoms with Gasteiger partial charge in [-0.15, -0.1) is 0 Å². The number of aromatic nitrogens is 1. The lowest BCUT2D eigenvalue weighted by molar-refractivity contribution is -0.123. The van der Waals surface area contributed by atoms with Gasteiger partial charge in [-0.05, 0) is 53.2 Å². The Balaban J connectivity index is 1.47. The largest absolute Gasteiger partial charge is 0.342 e. The van der Waals surface area contributed by atoms with Crippen LogP contribution in [0.5, 0.6) is 0 Å². The third-order valence-corrected chi connectivity index (χ3v) is 7.02. The van der Waals surface area contributed by atoms with Gasteiger partial charge in [-0.3, -0.25) is 14.5 Å². The van der Waals surface area contributed by atoms with Gasteiger partial charge in [0, 0.05) is 39.3 Å². The molecule has 4 nitrogen and oxygen atoms in total. The number of hydrogen-bond donors (Lipinski definition) is 0. The Labute approximate surface area is 205 Å². The number of rotatable bonds is 5. The fourth-order valence-corrected chi connectivity index (χ4v) is 5.17. The molecule has 5 rings (SSSR count). The molecule has 33 heavy (non-hydrogen) atoms. The Morgan fingerprint density at radius 3 is 2.48 bits per heavy atom. The lowest BCUT2D eigenvalue weighted by atomic mass is 10.1. The van der Waals surface area contributed by atoms with Gasteiger partial charge >= 0.3 is 0 Å². The molecule has 2 amide bonds. The first-order chi connectivity index (χ1) is 16.0. The molecule has 164 valence electrons. The third-order valence-electron chi connectivity index (χ3n) is 5.51. The second kappa shape index (κ2) is 9.10. The first-order valence-electron chi connectivity index (χ1n) is 10.3. The van der Waals surface area contributed by atoms with E-state index >= 15 is 0 Å². The Bertz CT molecular complexity index is 1430. The zero-order valence-electron chi connectivity index (χ0n) is 17.4. The van der Waals surface area contributed by atoms with Crippen molar-refractivity contribution in [3.8, 4) is 0 Å². The topological polar surface area (TPSA) is 42.3 Å². The first-order valence-corrected chi connectivity index (χ1v) is 11.9. The summed E-state index contributed by atoms with van der Waals surface area (Å²) in [6.45, 7) is 0.793. The van der Waals surface area contributed by atoms with Crippen LogP contribution in [-0.4, -0.2) is 20.6 Å². The van der Waals surface area contributed by atoms with E-state index in [1.807, 2.05) is 72.9 Å². The Hall–Kier alpha value is -2.99. The van der Waals surface area contributed by atoms with Crippen molar-refractivity contribution in [2.24, 2.45) is 0 Å². The molecule has 0 aliphatic carbocycles. The predicted octanol–water partition coefficient (Wildman–Crippen LogP) is 7.23. The van der Waals surface area contributed by atoms with Crippen molar-refractivity contribution >= 4 is 63.1 Å². The van der Waals surface area contributed by atoms with Crippen molar-refractivity contribution in [3.63, 3.8) is 0 Å². The number of amides is 2. The molecule has 3 aromatic carbocycles. The average Bonchev–Trinajstić information content (AvgIpc) is 3.27.